The Morgan fingerprint density at radius 2 is 1.66 bits per heavy atom. The lowest BCUT2D eigenvalue weighted by molar-refractivity contribution is 0.0689. The number of benzene rings is 2. The van der Waals surface area contributed by atoms with Crippen LogP contribution in [0.25, 0.3) is 22.0 Å². The topological polar surface area (TPSA) is 118 Å². The van der Waals surface area contributed by atoms with E-state index in [1.165, 1.54) is 0 Å². The number of aromatic nitrogens is 2. The molecule has 1 unspecified atom stereocenters. The first-order valence-electron chi connectivity index (χ1n) is 9.18. The molecule has 2 aromatic heterocycles. The number of aromatic carboxylic acids is 2. The number of hydrogen-bond acceptors (Lipinski definition) is 3. The first kappa shape index (κ1) is 17.1. The van der Waals surface area contributed by atoms with Crippen LogP contribution in [-0.4, -0.2) is 38.7 Å². The highest BCUT2D eigenvalue weighted by molar-refractivity contribution is 6.07. The van der Waals surface area contributed by atoms with Crippen LogP contribution < -0.4 is 5.32 Å². The standard InChI is InChI=1S/C22H17N3O4/c26-21(27)19-17(13-9-23-15-7-3-1-5-11(13)15)18(20(25-19)22(28)29)14-10-24-16-8-4-2-6-12(14)16/h1-9,14,23-25H,10H2,(H,26,27)(H,28,29). The molecule has 1 aliphatic heterocycles. The number of carbonyl (C=O) groups is 2. The van der Waals surface area contributed by atoms with E-state index < -0.39 is 11.9 Å². The van der Waals surface area contributed by atoms with E-state index in [0.717, 1.165) is 22.2 Å². The maximum absolute atomic E-state index is 12.1. The molecule has 5 N–H and O–H groups in total. The number of rotatable bonds is 4. The molecule has 1 atom stereocenters. The fourth-order valence-electron chi connectivity index (χ4n) is 4.29. The molecule has 0 aliphatic carbocycles. The van der Waals surface area contributed by atoms with Gasteiger partial charge >= 0.3 is 11.9 Å². The number of anilines is 1. The van der Waals surface area contributed by atoms with Crippen LogP contribution in [0.4, 0.5) is 5.69 Å². The Kier molecular flexibility index (Phi) is 3.70. The van der Waals surface area contributed by atoms with Gasteiger partial charge in [0.15, 0.2) is 0 Å². The third-order valence-electron chi connectivity index (χ3n) is 5.51. The van der Waals surface area contributed by atoms with Crippen LogP contribution in [0.15, 0.2) is 54.7 Å². The minimum absolute atomic E-state index is 0.0915. The molecule has 0 fully saturated rings. The quantitative estimate of drug-likeness (QED) is 0.361. The van der Waals surface area contributed by atoms with Gasteiger partial charge in [0.2, 0.25) is 0 Å². The van der Waals surface area contributed by atoms with Gasteiger partial charge in [0.1, 0.15) is 11.4 Å². The molecule has 2 aromatic carbocycles. The van der Waals surface area contributed by atoms with Crippen molar-refractivity contribution >= 4 is 28.5 Å². The van der Waals surface area contributed by atoms with Crippen LogP contribution in [-0.2, 0) is 0 Å². The number of carboxylic acids is 2. The van der Waals surface area contributed by atoms with E-state index in [0.29, 0.717) is 23.2 Å². The largest absolute Gasteiger partial charge is 0.477 e. The van der Waals surface area contributed by atoms with Gasteiger partial charge in [-0.25, -0.2) is 9.59 Å². The highest BCUT2D eigenvalue weighted by Gasteiger charge is 2.35. The van der Waals surface area contributed by atoms with Gasteiger partial charge in [-0.1, -0.05) is 36.4 Å². The summed E-state index contributed by atoms with van der Waals surface area (Å²) in [5, 5.41) is 23.8. The second kappa shape index (κ2) is 6.27. The summed E-state index contributed by atoms with van der Waals surface area (Å²) in [6, 6.07) is 15.2. The molecule has 5 rings (SSSR count). The van der Waals surface area contributed by atoms with Crippen LogP contribution in [0, 0.1) is 0 Å². The van der Waals surface area contributed by atoms with E-state index in [2.05, 4.69) is 15.3 Å². The second-order valence-corrected chi connectivity index (χ2v) is 7.04. The summed E-state index contributed by atoms with van der Waals surface area (Å²) >= 11 is 0. The lowest BCUT2D eigenvalue weighted by Gasteiger charge is -2.14. The molecule has 29 heavy (non-hydrogen) atoms. The van der Waals surface area contributed by atoms with Gasteiger partial charge in [0, 0.05) is 51.9 Å². The molecule has 7 heteroatoms. The summed E-state index contributed by atoms with van der Waals surface area (Å²) in [4.78, 5) is 29.9. The van der Waals surface area contributed by atoms with Crippen molar-refractivity contribution in [3.8, 4) is 11.1 Å². The predicted octanol–water partition coefficient (Wildman–Crippen LogP) is 4.12. The number of H-pyrrole nitrogens is 2. The van der Waals surface area contributed by atoms with E-state index >= 15 is 0 Å². The van der Waals surface area contributed by atoms with Gasteiger partial charge in [-0.3, -0.25) is 0 Å². The normalized spacial score (nSPS) is 15.2. The Labute approximate surface area is 165 Å². The fourth-order valence-corrected chi connectivity index (χ4v) is 4.29. The molecule has 0 saturated carbocycles. The molecule has 0 spiro atoms. The first-order chi connectivity index (χ1) is 14.1. The summed E-state index contributed by atoms with van der Waals surface area (Å²) in [5.74, 6) is -2.67. The lowest BCUT2D eigenvalue weighted by Crippen LogP contribution is -2.10. The van der Waals surface area contributed by atoms with Gasteiger partial charge in [-0.05, 0) is 17.7 Å². The van der Waals surface area contributed by atoms with Crippen molar-refractivity contribution in [2.75, 3.05) is 11.9 Å². The molecule has 7 nitrogen and oxygen atoms in total. The lowest BCUT2D eigenvalue weighted by atomic mass is 9.87. The van der Waals surface area contributed by atoms with Crippen molar-refractivity contribution in [3.63, 3.8) is 0 Å². The molecular formula is C22H17N3O4. The number of nitrogens with one attached hydrogen (secondary N) is 3. The van der Waals surface area contributed by atoms with Crippen molar-refractivity contribution in [1.82, 2.24) is 9.97 Å². The number of carboxylic acid groups (broad SMARTS) is 2. The van der Waals surface area contributed by atoms with E-state index in [-0.39, 0.29) is 17.3 Å². The van der Waals surface area contributed by atoms with Gasteiger partial charge < -0.3 is 25.5 Å². The van der Waals surface area contributed by atoms with Gasteiger partial charge in [0.05, 0.1) is 0 Å². The zero-order chi connectivity index (χ0) is 20.1. The van der Waals surface area contributed by atoms with Crippen LogP contribution in [0.3, 0.4) is 0 Å². The summed E-state index contributed by atoms with van der Waals surface area (Å²) < 4.78 is 0. The zero-order valence-electron chi connectivity index (χ0n) is 15.2. The summed E-state index contributed by atoms with van der Waals surface area (Å²) in [5.41, 5.74) is 4.09. The number of hydrogen-bond donors (Lipinski definition) is 5. The molecule has 3 heterocycles. The van der Waals surface area contributed by atoms with Crippen molar-refractivity contribution in [3.05, 3.63) is 77.2 Å². The molecule has 0 bridgehead atoms. The van der Waals surface area contributed by atoms with Crippen molar-refractivity contribution in [1.29, 1.82) is 0 Å². The molecule has 0 radical (unpaired) electrons. The fraction of sp³-hybridized carbons (Fsp3) is 0.0909. The van der Waals surface area contributed by atoms with E-state index in [9.17, 15) is 19.8 Å². The monoisotopic (exact) mass is 387 g/mol. The van der Waals surface area contributed by atoms with E-state index in [1.54, 1.807) is 6.20 Å². The first-order valence-corrected chi connectivity index (χ1v) is 9.18. The third-order valence-corrected chi connectivity index (χ3v) is 5.51. The average molecular weight is 387 g/mol. The highest BCUT2D eigenvalue weighted by atomic mass is 16.4. The van der Waals surface area contributed by atoms with Crippen LogP contribution in [0.2, 0.25) is 0 Å². The summed E-state index contributed by atoms with van der Waals surface area (Å²) in [6.45, 7) is 0.492. The number of aromatic amines is 2. The number of fused-ring (bicyclic) bond motifs is 2. The maximum Gasteiger partial charge on any atom is 0.352 e. The van der Waals surface area contributed by atoms with Gasteiger partial charge in [-0.15, -0.1) is 0 Å². The molecule has 144 valence electrons. The highest BCUT2D eigenvalue weighted by Crippen LogP contribution is 2.45. The Morgan fingerprint density at radius 3 is 2.45 bits per heavy atom. The Hall–Kier alpha value is -4.00. The molecule has 1 aliphatic rings. The summed E-state index contributed by atoms with van der Waals surface area (Å²) in [7, 11) is 0. The Balaban J connectivity index is 1.85. The Bertz CT molecular complexity index is 1280. The van der Waals surface area contributed by atoms with Crippen molar-refractivity contribution < 1.29 is 19.8 Å². The van der Waals surface area contributed by atoms with Crippen LogP contribution in [0.1, 0.15) is 38.0 Å². The minimum atomic E-state index is -1.20. The molecule has 0 saturated heterocycles. The molecular weight excluding hydrogens is 370 g/mol. The second-order valence-electron chi connectivity index (χ2n) is 7.04. The smallest absolute Gasteiger partial charge is 0.352 e. The molecule has 0 amide bonds. The van der Waals surface area contributed by atoms with E-state index in [4.69, 9.17) is 0 Å². The predicted molar refractivity (Wildman–Crippen MR) is 109 cm³/mol. The van der Waals surface area contributed by atoms with Crippen LogP contribution in [0.5, 0.6) is 0 Å². The average Bonchev–Trinajstić information content (AvgIpc) is 3.41. The molecule has 4 aromatic rings. The third kappa shape index (κ3) is 2.51. The van der Waals surface area contributed by atoms with Gasteiger partial charge in [-0.2, -0.15) is 0 Å². The minimum Gasteiger partial charge on any atom is -0.477 e. The zero-order valence-corrected chi connectivity index (χ0v) is 15.2. The van der Waals surface area contributed by atoms with Gasteiger partial charge in [0.25, 0.3) is 0 Å². The van der Waals surface area contributed by atoms with Crippen LogP contribution >= 0.6 is 0 Å². The maximum atomic E-state index is 12.1. The van der Waals surface area contributed by atoms with E-state index in [1.807, 2.05) is 48.5 Å². The SMILES string of the molecule is O=C(O)c1[nH]c(C(=O)O)c(C2CNc3ccccc32)c1-c1c[nH]c2ccccc12. The van der Waals surface area contributed by atoms with Crippen molar-refractivity contribution in [2.24, 2.45) is 0 Å². The van der Waals surface area contributed by atoms with Crippen molar-refractivity contribution in [2.45, 2.75) is 5.92 Å². The summed E-state index contributed by atoms with van der Waals surface area (Å²) in [6.07, 6.45) is 1.74. The number of para-hydroxylation sites is 2. The Morgan fingerprint density at radius 1 is 0.931 bits per heavy atom.